The fourth-order valence-electron chi connectivity index (χ4n) is 3.25. The summed E-state index contributed by atoms with van der Waals surface area (Å²) in [6.07, 6.45) is 4.24. The molecule has 1 N–H and O–H groups in total. The molecule has 1 aliphatic carbocycles. The Balaban J connectivity index is 1.91. The van der Waals surface area contributed by atoms with Crippen molar-refractivity contribution in [2.24, 2.45) is 0 Å². The summed E-state index contributed by atoms with van der Waals surface area (Å²) in [4.78, 5) is 0.234. The van der Waals surface area contributed by atoms with Gasteiger partial charge in [0.05, 0.1) is 10.6 Å². The second kappa shape index (κ2) is 6.32. The van der Waals surface area contributed by atoms with Crippen LogP contribution in [-0.4, -0.2) is 8.42 Å². The number of rotatable bonds is 4. The summed E-state index contributed by atoms with van der Waals surface area (Å²) in [7, 11) is -3.70. The fraction of sp³-hybridized carbons (Fsp3) is 0.333. The number of hydrogen-bond acceptors (Lipinski definition) is 2. The minimum Gasteiger partial charge on any atom is -0.280 e. The van der Waals surface area contributed by atoms with Crippen LogP contribution in [0.3, 0.4) is 0 Å². The molecule has 0 heterocycles. The van der Waals surface area contributed by atoms with Crippen molar-refractivity contribution in [3.8, 4) is 0 Å². The van der Waals surface area contributed by atoms with E-state index in [2.05, 4.69) is 11.6 Å². The van der Waals surface area contributed by atoms with Gasteiger partial charge in [-0.25, -0.2) is 12.8 Å². The number of fused-ring (bicyclic) bond motifs is 1. The molecule has 0 radical (unpaired) electrons. The monoisotopic (exact) mass is 333 g/mol. The SMILES string of the molecule is CC[C@@H]1CCCc2cc(S(=O)(=O)Nc3cccc(F)c3)ccc21. The summed E-state index contributed by atoms with van der Waals surface area (Å²) < 4.78 is 40.7. The Morgan fingerprint density at radius 2 is 2.04 bits per heavy atom. The molecule has 0 aliphatic heterocycles. The molecule has 122 valence electrons. The van der Waals surface area contributed by atoms with E-state index in [4.69, 9.17) is 0 Å². The number of halogens is 1. The molecule has 3 rings (SSSR count). The maximum absolute atomic E-state index is 13.2. The molecule has 1 aliphatic rings. The lowest BCUT2D eigenvalue weighted by Crippen LogP contribution is -2.15. The first kappa shape index (κ1) is 16.0. The molecule has 2 aromatic carbocycles. The van der Waals surface area contributed by atoms with Crippen LogP contribution in [0.4, 0.5) is 10.1 Å². The van der Waals surface area contributed by atoms with Crippen LogP contribution >= 0.6 is 0 Å². The molecule has 0 spiro atoms. The van der Waals surface area contributed by atoms with Gasteiger partial charge in [0, 0.05) is 0 Å². The van der Waals surface area contributed by atoms with E-state index in [-0.39, 0.29) is 10.6 Å². The maximum Gasteiger partial charge on any atom is 0.261 e. The number of hydrogen-bond donors (Lipinski definition) is 1. The zero-order valence-electron chi connectivity index (χ0n) is 13.0. The standard InChI is InChI=1S/C18H20FNO2S/c1-2-13-5-3-6-14-11-17(9-10-18(13)14)23(21,22)20-16-8-4-7-15(19)12-16/h4,7-13,20H,2-3,5-6H2,1H3/t13-/m1/s1. The average molecular weight is 333 g/mol. The van der Waals surface area contributed by atoms with Gasteiger partial charge in [-0.2, -0.15) is 0 Å². The summed E-state index contributed by atoms with van der Waals surface area (Å²) in [5.41, 5.74) is 2.61. The van der Waals surface area contributed by atoms with Crippen molar-refractivity contribution in [2.45, 2.75) is 43.4 Å². The minimum atomic E-state index is -3.70. The summed E-state index contributed by atoms with van der Waals surface area (Å²) in [6.45, 7) is 2.16. The normalized spacial score (nSPS) is 17.6. The number of nitrogens with one attached hydrogen (secondary N) is 1. The highest BCUT2D eigenvalue weighted by molar-refractivity contribution is 7.92. The van der Waals surface area contributed by atoms with Crippen molar-refractivity contribution in [1.82, 2.24) is 0 Å². The van der Waals surface area contributed by atoms with Gasteiger partial charge >= 0.3 is 0 Å². The topological polar surface area (TPSA) is 46.2 Å². The Labute approximate surface area is 136 Å². The summed E-state index contributed by atoms with van der Waals surface area (Å²) in [6, 6.07) is 10.8. The largest absolute Gasteiger partial charge is 0.280 e. The van der Waals surface area contributed by atoms with Crippen LogP contribution < -0.4 is 4.72 Å². The third-order valence-corrected chi connectivity index (χ3v) is 5.81. The first-order valence-electron chi connectivity index (χ1n) is 7.91. The number of aryl methyl sites for hydroxylation is 1. The highest BCUT2D eigenvalue weighted by Crippen LogP contribution is 2.35. The molecule has 1 atom stereocenters. The van der Waals surface area contributed by atoms with Crippen LogP contribution in [0.5, 0.6) is 0 Å². The summed E-state index contributed by atoms with van der Waals surface area (Å²) in [5, 5.41) is 0. The van der Waals surface area contributed by atoms with E-state index in [0.717, 1.165) is 31.2 Å². The lowest BCUT2D eigenvalue weighted by molar-refractivity contribution is 0.538. The van der Waals surface area contributed by atoms with Gasteiger partial charge in [-0.1, -0.05) is 19.1 Å². The van der Waals surface area contributed by atoms with Crippen LogP contribution in [0.15, 0.2) is 47.4 Å². The van der Waals surface area contributed by atoms with Gasteiger partial charge in [0.2, 0.25) is 0 Å². The highest BCUT2D eigenvalue weighted by atomic mass is 32.2. The average Bonchev–Trinajstić information content (AvgIpc) is 2.53. The molecule has 0 saturated carbocycles. The van der Waals surface area contributed by atoms with E-state index in [1.165, 1.54) is 29.8 Å². The van der Waals surface area contributed by atoms with Crippen LogP contribution in [0.25, 0.3) is 0 Å². The van der Waals surface area contributed by atoms with E-state index in [1.54, 1.807) is 12.1 Å². The molecule has 0 saturated heterocycles. The van der Waals surface area contributed by atoms with Crippen LogP contribution in [-0.2, 0) is 16.4 Å². The number of anilines is 1. The van der Waals surface area contributed by atoms with Crippen LogP contribution in [0, 0.1) is 5.82 Å². The Bertz CT molecular complexity index is 818. The second-order valence-corrected chi connectivity index (χ2v) is 7.66. The van der Waals surface area contributed by atoms with Crippen molar-refractivity contribution in [1.29, 1.82) is 0 Å². The summed E-state index contributed by atoms with van der Waals surface area (Å²) >= 11 is 0. The predicted molar refractivity (Wildman–Crippen MR) is 89.6 cm³/mol. The van der Waals surface area contributed by atoms with Gasteiger partial charge in [0.25, 0.3) is 10.0 Å². The molecule has 0 unspecified atom stereocenters. The van der Waals surface area contributed by atoms with E-state index in [9.17, 15) is 12.8 Å². The van der Waals surface area contributed by atoms with Crippen LogP contribution in [0.1, 0.15) is 43.2 Å². The molecular weight excluding hydrogens is 313 g/mol. The molecule has 0 aromatic heterocycles. The van der Waals surface area contributed by atoms with E-state index in [1.807, 2.05) is 6.07 Å². The van der Waals surface area contributed by atoms with Crippen molar-refractivity contribution in [3.05, 3.63) is 59.4 Å². The first-order chi connectivity index (χ1) is 11.0. The Hall–Kier alpha value is -1.88. The van der Waals surface area contributed by atoms with Crippen LogP contribution in [0.2, 0.25) is 0 Å². The molecule has 23 heavy (non-hydrogen) atoms. The third-order valence-electron chi connectivity index (χ3n) is 4.43. The van der Waals surface area contributed by atoms with Gasteiger partial charge in [-0.3, -0.25) is 4.72 Å². The van der Waals surface area contributed by atoms with Crippen molar-refractivity contribution in [3.63, 3.8) is 0 Å². The lowest BCUT2D eigenvalue weighted by Gasteiger charge is -2.25. The Morgan fingerprint density at radius 1 is 1.22 bits per heavy atom. The minimum absolute atomic E-state index is 0.231. The summed E-state index contributed by atoms with van der Waals surface area (Å²) in [5.74, 6) is 0.0492. The van der Waals surface area contributed by atoms with E-state index < -0.39 is 15.8 Å². The Morgan fingerprint density at radius 3 is 2.78 bits per heavy atom. The van der Waals surface area contributed by atoms with E-state index >= 15 is 0 Å². The first-order valence-corrected chi connectivity index (χ1v) is 9.39. The molecule has 0 amide bonds. The van der Waals surface area contributed by atoms with Gasteiger partial charge in [0.1, 0.15) is 5.82 Å². The van der Waals surface area contributed by atoms with Crippen molar-refractivity contribution in [2.75, 3.05) is 4.72 Å². The van der Waals surface area contributed by atoms with Crippen molar-refractivity contribution < 1.29 is 12.8 Å². The fourth-order valence-corrected chi connectivity index (χ4v) is 4.35. The Kier molecular flexibility index (Phi) is 4.39. The third kappa shape index (κ3) is 3.39. The van der Waals surface area contributed by atoms with Crippen molar-refractivity contribution >= 4 is 15.7 Å². The molecule has 2 aromatic rings. The van der Waals surface area contributed by atoms with Gasteiger partial charge in [0.15, 0.2) is 0 Å². The van der Waals surface area contributed by atoms with Gasteiger partial charge in [-0.15, -0.1) is 0 Å². The number of sulfonamides is 1. The molecule has 5 heteroatoms. The zero-order chi connectivity index (χ0) is 16.4. The quantitative estimate of drug-likeness (QED) is 0.898. The molecule has 0 fully saturated rings. The smallest absolute Gasteiger partial charge is 0.261 e. The predicted octanol–water partition coefficient (Wildman–Crippen LogP) is 4.46. The zero-order valence-corrected chi connectivity index (χ0v) is 13.9. The van der Waals surface area contributed by atoms with E-state index in [0.29, 0.717) is 5.92 Å². The molecule has 3 nitrogen and oxygen atoms in total. The van der Waals surface area contributed by atoms with Gasteiger partial charge in [-0.05, 0) is 73.1 Å². The van der Waals surface area contributed by atoms with Gasteiger partial charge < -0.3 is 0 Å². The lowest BCUT2D eigenvalue weighted by atomic mass is 9.81. The maximum atomic E-state index is 13.2. The highest BCUT2D eigenvalue weighted by Gasteiger charge is 2.22. The molecule has 0 bridgehead atoms. The second-order valence-electron chi connectivity index (χ2n) is 5.97. The molecular formula is C18H20FNO2S. The number of benzene rings is 2.